The minimum atomic E-state index is -0.611. The Balaban J connectivity index is 1.17. The van der Waals surface area contributed by atoms with Gasteiger partial charge in [-0.25, -0.2) is 0 Å². The average Bonchev–Trinajstić information content (AvgIpc) is 3.84. The Morgan fingerprint density at radius 2 is 0.656 bits per heavy atom. The van der Waals surface area contributed by atoms with Crippen molar-refractivity contribution in [2.24, 2.45) is 0 Å². The SMILES string of the molecule is Cc1cc2c(cc1C)C1(c3cccc(-n4c5ccccc5c5ccncc54)c3)c3cc(C)c(C)cc3C2(c2cccc(-n3c4ccccc4c4ccncc43)c2)c2cc(C)c(C)cc21. The van der Waals surface area contributed by atoms with E-state index in [1.165, 1.54) is 110 Å². The molecule has 0 fully saturated rings. The summed E-state index contributed by atoms with van der Waals surface area (Å²) in [6, 6.07) is 55.9. The summed E-state index contributed by atoms with van der Waals surface area (Å²) in [5, 5.41) is 4.87. The number of rotatable bonds is 4. The van der Waals surface area contributed by atoms with Crippen molar-refractivity contribution in [1.82, 2.24) is 19.1 Å². The van der Waals surface area contributed by atoms with Crippen molar-refractivity contribution in [3.8, 4) is 11.4 Å². The molecule has 0 spiro atoms. The number of benzene rings is 7. The van der Waals surface area contributed by atoms with Crippen molar-refractivity contribution < 1.29 is 0 Å². The van der Waals surface area contributed by atoms with Crippen LogP contribution < -0.4 is 0 Å². The fourth-order valence-electron chi connectivity index (χ4n) is 12.1. The molecule has 0 saturated carbocycles. The molecule has 2 bridgehead atoms. The molecule has 4 heterocycles. The molecule has 0 radical (unpaired) electrons. The summed E-state index contributed by atoms with van der Waals surface area (Å²) in [7, 11) is 0. The van der Waals surface area contributed by atoms with Crippen LogP contribution in [-0.2, 0) is 10.8 Å². The molecular weight excluding hydrogens is 777 g/mol. The molecule has 3 aliphatic carbocycles. The van der Waals surface area contributed by atoms with Crippen LogP contribution in [0.15, 0.2) is 170 Å². The highest BCUT2D eigenvalue weighted by Gasteiger charge is 2.60. The van der Waals surface area contributed by atoms with Gasteiger partial charge in [0, 0.05) is 45.3 Å². The third-order valence-electron chi connectivity index (χ3n) is 15.4. The van der Waals surface area contributed by atoms with Crippen molar-refractivity contribution in [1.29, 1.82) is 0 Å². The lowest BCUT2D eigenvalue weighted by Gasteiger charge is -2.58. The molecule has 0 atom stereocenters. The molecule has 0 N–H and O–H groups in total. The zero-order valence-corrected chi connectivity index (χ0v) is 37.0. The van der Waals surface area contributed by atoms with Crippen LogP contribution in [0.4, 0.5) is 0 Å². The van der Waals surface area contributed by atoms with E-state index in [0.717, 1.165) is 22.4 Å². The van der Waals surface area contributed by atoms with E-state index < -0.39 is 10.8 Å². The van der Waals surface area contributed by atoms with Crippen LogP contribution in [0.1, 0.15) is 77.9 Å². The van der Waals surface area contributed by atoms with E-state index in [1.54, 1.807) is 0 Å². The first-order chi connectivity index (χ1) is 31.2. The smallest absolute Gasteiger partial charge is 0.0724 e. The third kappa shape index (κ3) is 4.57. The Kier molecular flexibility index (Phi) is 7.52. The number of pyridine rings is 2. The van der Waals surface area contributed by atoms with Crippen molar-refractivity contribution in [2.45, 2.75) is 52.4 Å². The number of aromatic nitrogens is 4. The molecule has 64 heavy (non-hydrogen) atoms. The average molecular weight is 823 g/mol. The van der Waals surface area contributed by atoms with E-state index >= 15 is 0 Å². The minimum absolute atomic E-state index is 0.611. The van der Waals surface area contributed by atoms with Gasteiger partial charge < -0.3 is 9.13 Å². The molecule has 4 heteroatoms. The summed E-state index contributed by atoms with van der Waals surface area (Å²) in [6.45, 7) is 13.7. The van der Waals surface area contributed by atoms with Crippen LogP contribution in [0.3, 0.4) is 0 Å². The minimum Gasteiger partial charge on any atom is -0.308 e. The second kappa shape index (κ2) is 13.0. The zero-order valence-electron chi connectivity index (χ0n) is 37.0. The Morgan fingerprint density at radius 3 is 1.02 bits per heavy atom. The van der Waals surface area contributed by atoms with Crippen LogP contribution in [-0.4, -0.2) is 19.1 Å². The molecule has 3 aliphatic rings. The molecule has 0 unspecified atom stereocenters. The number of para-hydroxylation sites is 2. The lowest BCUT2D eigenvalue weighted by Crippen LogP contribution is -2.52. The van der Waals surface area contributed by atoms with Crippen molar-refractivity contribution in [2.75, 3.05) is 0 Å². The maximum absolute atomic E-state index is 4.65. The predicted octanol–water partition coefficient (Wildman–Crippen LogP) is 13.9. The molecule has 4 nitrogen and oxygen atoms in total. The summed E-state index contributed by atoms with van der Waals surface area (Å²) in [5.74, 6) is 0. The fourth-order valence-corrected chi connectivity index (χ4v) is 12.1. The summed E-state index contributed by atoms with van der Waals surface area (Å²) in [4.78, 5) is 9.30. The number of nitrogens with zero attached hydrogens (tertiary/aromatic N) is 4. The standard InChI is InChI=1S/C60H46N4/c1-35-25-49-50(26-36(35)2)60(42-14-12-16-44(32-42)64-56-20-10-8-18-46(56)48-22-24-62-34-58(48)64)53-29-39(5)37(3)27-51(53)59(49,52-28-38(4)40(6)30-54(52)60)41-13-11-15-43(31-41)63-55-19-9-7-17-45(55)47-21-23-61-33-57(47)63/h7-34H,1-6H3. The summed E-state index contributed by atoms with van der Waals surface area (Å²) < 4.78 is 4.82. The number of aryl methyl sites for hydroxylation is 6. The van der Waals surface area contributed by atoms with Gasteiger partial charge >= 0.3 is 0 Å². The van der Waals surface area contributed by atoms with Gasteiger partial charge in [-0.3, -0.25) is 9.97 Å². The Morgan fingerprint density at radius 1 is 0.328 bits per heavy atom. The van der Waals surface area contributed by atoms with Gasteiger partial charge in [-0.15, -0.1) is 0 Å². The van der Waals surface area contributed by atoms with Gasteiger partial charge in [0.2, 0.25) is 0 Å². The van der Waals surface area contributed by atoms with Crippen LogP contribution in [0.5, 0.6) is 0 Å². The van der Waals surface area contributed by atoms with E-state index in [9.17, 15) is 0 Å². The fraction of sp³-hybridized carbons (Fsp3) is 0.133. The molecular formula is C60H46N4. The Labute approximate surface area is 373 Å². The van der Waals surface area contributed by atoms with Gasteiger partial charge in [0.25, 0.3) is 0 Å². The van der Waals surface area contributed by atoms with Gasteiger partial charge in [0.05, 0.1) is 45.3 Å². The molecule has 14 rings (SSSR count). The summed E-state index contributed by atoms with van der Waals surface area (Å²) in [5.41, 5.74) is 24.1. The quantitative estimate of drug-likeness (QED) is 0.177. The molecule has 0 aliphatic heterocycles. The lowest BCUT2D eigenvalue weighted by molar-refractivity contribution is 0.553. The van der Waals surface area contributed by atoms with E-state index in [4.69, 9.17) is 0 Å². The second-order valence-corrected chi connectivity index (χ2v) is 18.5. The van der Waals surface area contributed by atoms with Crippen molar-refractivity contribution in [3.63, 3.8) is 0 Å². The monoisotopic (exact) mass is 822 g/mol. The van der Waals surface area contributed by atoms with Gasteiger partial charge in [0.1, 0.15) is 0 Å². The van der Waals surface area contributed by atoms with Crippen molar-refractivity contribution >= 4 is 43.6 Å². The van der Waals surface area contributed by atoms with E-state index in [-0.39, 0.29) is 0 Å². The largest absolute Gasteiger partial charge is 0.308 e. The Bertz CT molecular complexity index is 3320. The second-order valence-electron chi connectivity index (χ2n) is 18.5. The highest BCUT2D eigenvalue weighted by molar-refractivity contribution is 6.10. The maximum Gasteiger partial charge on any atom is 0.0724 e. The van der Waals surface area contributed by atoms with Gasteiger partial charge in [0.15, 0.2) is 0 Å². The predicted molar refractivity (Wildman–Crippen MR) is 263 cm³/mol. The van der Waals surface area contributed by atoms with Crippen LogP contribution >= 0.6 is 0 Å². The molecule has 11 aromatic rings. The van der Waals surface area contributed by atoms with E-state index in [2.05, 4.69) is 206 Å². The molecule has 4 aromatic heterocycles. The topological polar surface area (TPSA) is 35.6 Å². The normalized spacial score (nSPS) is 17.3. The first-order valence-corrected chi connectivity index (χ1v) is 22.5. The van der Waals surface area contributed by atoms with Crippen molar-refractivity contribution in [3.05, 3.63) is 248 Å². The van der Waals surface area contributed by atoms with Gasteiger partial charge in [-0.1, -0.05) is 97.1 Å². The number of hydrogen-bond acceptors (Lipinski definition) is 2. The first-order valence-electron chi connectivity index (χ1n) is 22.5. The lowest BCUT2D eigenvalue weighted by atomic mass is 9.43. The highest BCUT2D eigenvalue weighted by Crippen LogP contribution is 2.67. The third-order valence-corrected chi connectivity index (χ3v) is 15.4. The maximum atomic E-state index is 4.65. The van der Waals surface area contributed by atoms with Crippen LogP contribution in [0.25, 0.3) is 55.0 Å². The van der Waals surface area contributed by atoms with Gasteiger partial charge in [-0.05, 0) is 168 Å². The van der Waals surface area contributed by atoms with Gasteiger partial charge in [-0.2, -0.15) is 0 Å². The molecule has 306 valence electrons. The number of hydrogen-bond donors (Lipinski definition) is 0. The molecule has 7 aromatic carbocycles. The van der Waals surface area contributed by atoms with Crippen LogP contribution in [0.2, 0.25) is 0 Å². The zero-order chi connectivity index (χ0) is 43.2. The number of fused-ring (bicyclic) bond motifs is 6. The van der Waals surface area contributed by atoms with E-state index in [0.29, 0.717) is 0 Å². The van der Waals surface area contributed by atoms with Crippen LogP contribution in [0, 0.1) is 41.5 Å². The molecule has 0 saturated heterocycles. The Hall–Kier alpha value is -7.56. The highest BCUT2D eigenvalue weighted by atomic mass is 15.0. The summed E-state index contributed by atoms with van der Waals surface area (Å²) in [6.07, 6.45) is 7.85. The molecule has 0 amide bonds. The first kappa shape index (κ1) is 37.0. The summed E-state index contributed by atoms with van der Waals surface area (Å²) >= 11 is 0. The van der Waals surface area contributed by atoms with E-state index in [1.807, 2.05) is 24.8 Å².